The van der Waals surface area contributed by atoms with E-state index in [1.165, 1.54) is 16.7 Å². The van der Waals surface area contributed by atoms with Gasteiger partial charge in [0.1, 0.15) is 18.1 Å². The highest BCUT2D eigenvalue weighted by Gasteiger charge is 2.43. The van der Waals surface area contributed by atoms with E-state index in [2.05, 4.69) is 5.32 Å². The van der Waals surface area contributed by atoms with E-state index >= 15 is 0 Å². The summed E-state index contributed by atoms with van der Waals surface area (Å²) in [5.41, 5.74) is 11.0. The molecule has 4 amide bonds. The molecule has 0 bridgehead atoms. The van der Waals surface area contributed by atoms with Gasteiger partial charge in [-0.2, -0.15) is 0 Å². The van der Waals surface area contributed by atoms with Crippen LogP contribution in [-0.4, -0.2) is 81.8 Å². The minimum atomic E-state index is -1.16. The number of primary amides is 1. The van der Waals surface area contributed by atoms with Crippen LogP contribution in [0.3, 0.4) is 0 Å². The van der Waals surface area contributed by atoms with E-state index in [4.69, 9.17) is 16.6 Å². The summed E-state index contributed by atoms with van der Waals surface area (Å²) in [4.78, 5) is 62.9. The van der Waals surface area contributed by atoms with Crippen molar-refractivity contribution in [3.8, 4) is 0 Å². The maximum absolute atomic E-state index is 13.1. The quantitative estimate of drug-likeness (QED) is 0.362. The van der Waals surface area contributed by atoms with Crippen molar-refractivity contribution >= 4 is 29.6 Å². The SMILES string of the molecule is CC(NC(=O)C1CCCN1C(=O)C1CCCN1C(=O)C(N)CCC(N)=O)C(=O)O. The van der Waals surface area contributed by atoms with E-state index in [0.717, 1.165) is 0 Å². The van der Waals surface area contributed by atoms with Crippen molar-refractivity contribution < 1.29 is 29.1 Å². The molecule has 0 aromatic heterocycles. The molecule has 11 heteroatoms. The summed E-state index contributed by atoms with van der Waals surface area (Å²) in [6, 6.07) is -3.46. The van der Waals surface area contributed by atoms with E-state index in [0.29, 0.717) is 38.8 Å². The lowest BCUT2D eigenvalue weighted by molar-refractivity contribution is -0.148. The summed E-state index contributed by atoms with van der Waals surface area (Å²) in [6.45, 7) is 2.09. The Bertz CT molecular complexity index is 684. The second-order valence-electron chi connectivity index (χ2n) is 7.56. The maximum atomic E-state index is 13.1. The third-order valence-corrected chi connectivity index (χ3v) is 5.41. The Morgan fingerprint density at radius 3 is 2.24 bits per heavy atom. The molecule has 0 saturated carbocycles. The second kappa shape index (κ2) is 9.68. The number of hydrogen-bond donors (Lipinski definition) is 4. The fourth-order valence-corrected chi connectivity index (χ4v) is 3.79. The van der Waals surface area contributed by atoms with Gasteiger partial charge in [0.2, 0.25) is 23.6 Å². The first-order valence-electron chi connectivity index (χ1n) is 9.81. The van der Waals surface area contributed by atoms with Crippen molar-refractivity contribution in [2.75, 3.05) is 13.1 Å². The zero-order valence-electron chi connectivity index (χ0n) is 16.5. The van der Waals surface area contributed by atoms with Crippen LogP contribution in [0.25, 0.3) is 0 Å². The Kier molecular flexibility index (Phi) is 7.54. The van der Waals surface area contributed by atoms with Gasteiger partial charge in [-0.25, -0.2) is 0 Å². The first-order valence-corrected chi connectivity index (χ1v) is 9.81. The fraction of sp³-hybridized carbons (Fsp3) is 0.722. The van der Waals surface area contributed by atoms with Gasteiger partial charge in [0.25, 0.3) is 0 Å². The van der Waals surface area contributed by atoms with Crippen LogP contribution >= 0.6 is 0 Å². The van der Waals surface area contributed by atoms with Gasteiger partial charge < -0.3 is 31.7 Å². The summed E-state index contributed by atoms with van der Waals surface area (Å²) in [6.07, 6.45) is 2.23. The molecular formula is C18H29N5O6. The van der Waals surface area contributed by atoms with Gasteiger partial charge >= 0.3 is 5.97 Å². The molecule has 4 atom stereocenters. The van der Waals surface area contributed by atoms with Crippen LogP contribution < -0.4 is 16.8 Å². The van der Waals surface area contributed by atoms with E-state index < -0.39 is 47.9 Å². The Labute approximate surface area is 168 Å². The smallest absolute Gasteiger partial charge is 0.325 e. The number of nitrogens with two attached hydrogens (primary N) is 2. The molecule has 0 aromatic rings. The first-order chi connectivity index (χ1) is 13.6. The van der Waals surface area contributed by atoms with Crippen molar-refractivity contribution in [3.63, 3.8) is 0 Å². The van der Waals surface area contributed by atoms with Crippen molar-refractivity contribution in [2.24, 2.45) is 11.5 Å². The summed E-state index contributed by atoms with van der Waals surface area (Å²) in [5, 5.41) is 11.4. The summed E-state index contributed by atoms with van der Waals surface area (Å²) in [7, 11) is 0. The molecule has 162 valence electrons. The third-order valence-electron chi connectivity index (χ3n) is 5.41. The van der Waals surface area contributed by atoms with E-state index in [9.17, 15) is 24.0 Å². The number of rotatable bonds is 8. The molecule has 0 spiro atoms. The highest BCUT2D eigenvalue weighted by molar-refractivity contribution is 5.94. The van der Waals surface area contributed by atoms with Crippen LogP contribution in [0.15, 0.2) is 0 Å². The molecule has 11 nitrogen and oxygen atoms in total. The van der Waals surface area contributed by atoms with Gasteiger partial charge in [0.15, 0.2) is 0 Å². The zero-order valence-corrected chi connectivity index (χ0v) is 16.5. The van der Waals surface area contributed by atoms with Crippen LogP contribution in [0.4, 0.5) is 0 Å². The molecule has 0 aromatic carbocycles. The summed E-state index contributed by atoms with van der Waals surface area (Å²) >= 11 is 0. The minimum Gasteiger partial charge on any atom is -0.480 e. The summed E-state index contributed by atoms with van der Waals surface area (Å²) < 4.78 is 0. The highest BCUT2D eigenvalue weighted by atomic mass is 16.4. The Balaban J connectivity index is 2.05. The maximum Gasteiger partial charge on any atom is 0.325 e. The molecule has 2 rings (SSSR count). The molecule has 0 aliphatic carbocycles. The average Bonchev–Trinajstić information content (AvgIpc) is 3.33. The Hall–Kier alpha value is -2.69. The number of carbonyl (C=O) groups excluding carboxylic acids is 4. The number of nitrogens with one attached hydrogen (secondary N) is 1. The van der Waals surface area contributed by atoms with Crippen molar-refractivity contribution in [3.05, 3.63) is 0 Å². The number of hydrogen-bond acceptors (Lipinski definition) is 6. The first kappa shape index (κ1) is 22.6. The number of amides is 4. The number of carbonyl (C=O) groups is 5. The van der Waals surface area contributed by atoms with Crippen LogP contribution in [0.2, 0.25) is 0 Å². The average molecular weight is 411 g/mol. The van der Waals surface area contributed by atoms with Crippen molar-refractivity contribution in [1.29, 1.82) is 0 Å². The van der Waals surface area contributed by atoms with Crippen molar-refractivity contribution in [2.45, 2.75) is 69.6 Å². The van der Waals surface area contributed by atoms with Gasteiger partial charge in [-0.15, -0.1) is 0 Å². The number of carboxylic acid groups (broad SMARTS) is 1. The predicted molar refractivity (Wildman–Crippen MR) is 101 cm³/mol. The molecule has 2 aliphatic heterocycles. The topological polar surface area (TPSA) is 176 Å². The van der Waals surface area contributed by atoms with E-state index in [-0.39, 0.29) is 18.7 Å². The Morgan fingerprint density at radius 2 is 1.66 bits per heavy atom. The lowest BCUT2D eigenvalue weighted by Crippen LogP contribution is -2.56. The molecule has 6 N–H and O–H groups in total. The number of nitrogens with zero attached hydrogens (tertiary/aromatic N) is 2. The lowest BCUT2D eigenvalue weighted by Gasteiger charge is -2.32. The van der Waals surface area contributed by atoms with Crippen LogP contribution in [0.1, 0.15) is 45.4 Å². The minimum absolute atomic E-state index is 0.0184. The number of aliphatic carboxylic acids is 1. The van der Waals surface area contributed by atoms with Gasteiger partial charge in [-0.1, -0.05) is 0 Å². The van der Waals surface area contributed by atoms with Gasteiger partial charge in [0.05, 0.1) is 6.04 Å². The Morgan fingerprint density at radius 1 is 1.07 bits per heavy atom. The summed E-state index contributed by atoms with van der Waals surface area (Å²) in [5.74, 6) is -2.98. The number of likely N-dealkylation sites (tertiary alicyclic amines) is 2. The molecular weight excluding hydrogens is 382 g/mol. The largest absolute Gasteiger partial charge is 0.480 e. The van der Waals surface area contributed by atoms with Crippen LogP contribution in [-0.2, 0) is 24.0 Å². The molecule has 2 aliphatic rings. The van der Waals surface area contributed by atoms with Crippen LogP contribution in [0, 0.1) is 0 Å². The standard InChI is InChI=1S/C18H29N5O6/c1-10(18(28)29)21-15(25)12-4-2-8-22(12)17(27)13-5-3-9-23(13)16(26)11(19)6-7-14(20)24/h10-13H,2-9,19H2,1H3,(H2,20,24)(H,21,25)(H,28,29). The van der Waals surface area contributed by atoms with Gasteiger partial charge in [-0.3, -0.25) is 24.0 Å². The molecule has 0 radical (unpaired) electrons. The second-order valence-corrected chi connectivity index (χ2v) is 7.56. The predicted octanol–water partition coefficient (Wildman–Crippen LogP) is -1.85. The number of carboxylic acids is 1. The van der Waals surface area contributed by atoms with Gasteiger partial charge in [0, 0.05) is 19.5 Å². The van der Waals surface area contributed by atoms with Crippen LogP contribution in [0.5, 0.6) is 0 Å². The van der Waals surface area contributed by atoms with Crippen molar-refractivity contribution in [1.82, 2.24) is 15.1 Å². The molecule has 2 heterocycles. The monoisotopic (exact) mass is 411 g/mol. The third kappa shape index (κ3) is 5.43. The molecule has 29 heavy (non-hydrogen) atoms. The fourth-order valence-electron chi connectivity index (χ4n) is 3.79. The molecule has 4 unspecified atom stereocenters. The lowest BCUT2D eigenvalue weighted by atomic mass is 10.1. The zero-order chi connectivity index (χ0) is 21.7. The molecule has 2 fully saturated rings. The van der Waals surface area contributed by atoms with Gasteiger partial charge in [-0.05, 0) is 39.0 Å². The molecule has 2 saturated heterocycles. The van der Waals surface area contributed by atoms with E-state index in [1.807, 2.05) is 0 Å². The van der Waals surface area contributed by atoms with E-state index in [1.54, 1.807) is 0 Å². The highest BCUT2D eigenvalue weighted by Crippen LogP contribution is 2.25. The normalized spacial score (nSPS) is 23.5.